The van der Waals surface area contributed by atoms with Gasteiger partial charge < -0.3 is 5.32 Å². The van der Waals surface area contributed by atoms with Gasteiger partial charge in [-0.15, -0.1) is 11.3 Å². The number of pyridine rings is 1. The summed E-state index contributed by atoms with van der Waals surface area (Å²) in [6.07, 6.45) is 0.0718. The van der Waals surface area contributed by atoms with Gasteiger partial charge in [0.25, 0.3) is 0 Å². The van der Waals surface area contributed by atoms with E-state index in [-0.39, 0.29) is 17.1 Å². The molecule has 1 aliphatic heterocycles. The number of thiophene rings is 1. The number of rotatable bonds is 3. The topological polar surface area (TPSA) is 48.5 Å². The Balaban J connectivity index is 1.55. The van der Waals surface area contributed by atoms with Crippen molar-refractivity contribution in [3.63, 3.8) is 0 Å². The Morgan fingerprint density at radius 2 is 1.93 bits per heavy atom. The van der Waals surface area contributed by atoms with Crippen molar-refractivity contribution >= 4 is 23.1 Å². The van der Waals surface area contributed by atoms with Gasteiger partial charge in [0, 0.05) is 4.88 Å². The zero-order valence-electron chi connectivity index (χ0n) is 17.2. The van der Waals surface area contributed by atoms with E-state index in [4.69, 9.17) is 0 Å². The maximum Gasteiger partial charge on any atom is 0.433 e. The van der Waals surface area contributed by atoms with Crippen LogP contribution in [0.2, 0.25) is 0 Å². The van der Waals surface area contributed by atoms with Gasteiger partial charge in [0.05, 0.1) is 29.5 Å². The molecule has 0 aromatic carbocycles. The maximum atomic E-state index is 12.9. The van der Waals surface area contributed by atoms with Gasteiger partial charge in [-0.2, -0.15) is 13.2 Å². The molecule has 0 atom stereocenters. The lowest BCUT2D eigenvalue weighted by atomic mass is 9.71. The number of urea groups is 1. The van der Waals surface area contributed by atoms with Crippen LogP contribution in [0.25, 0.3) is 0 Å². The molecule has 3 heterocycles. The molecule has 5 nitrogen and oxygen atoms in total. The third-order valence-corrected chi connectivity index (χ3v) is 7.68. The van der Waals surface area contributed by atoms with Crippen LogP contribution in [-0.4, -0.2) is 42.1 Å². The monoisotopic (exact) mass is 438 g/mol. The van der Waals surface area contributed by atoms with E-state index < -0.39 is 11.9 Å². The molecule has 2 aromatic heterocycles. The third-order valence-electron chi connectivity index (χ3n) is 6.61. The summed E-state index contributed by atoms with van der Waals surface area (Å²) >= 11 is 1.75. The number of anilines is 1. The standard InChI is InChI=1S/C21H25F3N4OS/c1-14-11-16(21(22,23)24)25-12-15(14)28-13-19(26-18(28)29)6-8-20(9-7-19,27(2)3)17-5-4-10-30-17/h4-5,10-12H,6-9,13H2,1-3H3,(H,26,29). The summed E-state index contributed by atoms with van der Waals surface area (Å²) in [7, 11) is 4.18. The lowest BCUT2D eigenvalue weighted by molar-refractivity contribution is -0.141. The molecule has 0 bridgehead atoms. The number of hydrogen-bond acceptors (Lipinski definition) is 4. The Morgan fingerprint density at radius 1 is 1.23 bits per heavy atom. The van der Waals surface area contributed by atoms with Crippen LogP contribution in [0.4, 0.5) is 23.7 Å². The van der Waals surface area contributed by atoms with Crippen molar-refractivity contribution in [2.75, 3.05) is 25.5 Å². The van der Waals surface area contributed by atoms with Crippen LogP contribution in [0, 0.1) is 6.92 Å². The van der Waals surface area contributed by atoms with Gasteiger partial charge in [0.15, 0.2) is 0 Å². The number of halogens is 3. The highest BCUT2D eigenvalue weighted by Crippen LogP contribution is 2.47. The lowest BCUT2D eigenvalue weighted by Gasteiger charge is -2.47. The number of carbonyl (C=O) groups is 1. The molecule has 1 saturated heterocycles. The van der Waals surface area contributed by atoms with Gasteiger partial charge in [-0.1, -0.05) is 6.07 Å². The zero-order valence-corrected chi connectivity index (χ0v) is 18.0. The highest BCUT2D eigenvalue weighted by Gasteiger charge is 2.51. The van der Waals surface area contributed by atoms with Crippen molar-refractivity contribution in [3.05, 3.63) is 45.9 Å². The molecule has 1 spiro atoms. The minimum Gasteiger partial charge on any atom is -0.330 e. The fraction of sp³-hybridized carbons (Fsp3) is 0.524. The van der Waals surface area contributed by atoms with E-state index >= 15 is 0 Å². The molecular weight excluding hydrogens is 413 g/mol. The van der Waals surface area contributed by atoms with Crippen molar-refractivity contribution in [1.82, 2.24) is 15.2 Å². The van der Waals surface area contributed by atoms with Crippen LogP contribution >= 0.6 is 11.3 Å². The van der Waals surface area contributed by atoms with Crippen molar-refractivity contribution in [2.45, 2.75) is 49.9 Å². The zero-order chi connectivity index (χ0) is 21.7. The van der Waals surface area contributed by atoms with Crippen LogP contribution in [0.15, 0.2) is 29.8 Å². The number of nitrogens with zero attached hydrogens (tertiary/aromatic N) is 3. The number of nitrogens with one attached hydrogen (secondary N) is 1. The summed E-state index contributed by atoms with van der Waals surface area (Å²) < 4.78 is 38.8. The highest BCUT2D eigenvalue weighted by molar-refractivity contribution is 7.10. The molecule has 1 N–H and O–H groups in total. The first-order valence-electron chi connectivity index (χ1n) is 9.91. The number of alkyl halides is 3. The maximum absolute atomic E-state index is 12.9. The summed E-state index contributed by atoms with van der Waals surface area (Å²) in [5, 5.41) is 5.22. The molecule has 4 rings (SSSR count). The van der Waals surface area contributed by atoms with Gasteiger partial charge in [0.1, 0.15) is 5.69 Å². The van der Waals surface area contributed by atoms with Crippen molar-refractivity contribution in [1.29, 1.82) is 0 Å². The average Bonchev–Trinajstić information content (AvgIpc) is 3.31. The van der Waals surface area contributed by atoms with Gasteiger partial charge >= 0.3 is 12.2 Å². The Bertz CT molecular complexity index is 934. The van der Waals surface area contributed by atoms with Crippen molar-refractivity contribution in [2.24, 2.45) is 0 Å². The molecule has 0 radical (unpaired) electrons. The second-order valence-electron chi connectivity index (χ2n) is 8.55. The molecule has 0 unspecified atom stereocenters. The number of aryl methyl sites for hydroxylation is 1. The van der Waals surface area contributed by atoms with Crippen LogP contribution in [0.1, 0.15) is 41.8 Å². The van der Waals surface area contributed by atoms with Crippen LogP contribution in [0.3, 0.4) is 0 Å². The molecule has 162 valence electrons. The Morgan fingerprint density at radius 3 is 2.47 bits per heavy atom. The van der Waals surface area contributed by atoms with Crippen molar-refractivity contribution < 1.29 is 18.0 Å². The average molecular weight is 439 g/mol. The quantitative estimate of drug-likeness (QED) is 0.751. The summed E-state index contributed by atoms with van der Waals surface area (Å²) in [5.41, 5.74) is -0.545. The lowest BCUT2D eigenvalue weighted by Crippen LogP contribution is -2.53. The molecule has 30 heavy (non-hydrogen) atoms. The van der Waals surface area contributed by atoms with Gasteiger partial charge in [0.2, 0.25) is 0 Å². The molecule has 2 amide bonds. The largest absolute Gasteiger partial charge is 0.433 e. The second-order valence-corrected chi connectivity index (χ2v) is 9.50. The van der Waals surface area contributed by atoms with Gasteiger partial charge in [-0.05, 0) is 69.8 Å². The van der Waals surface area contributed by atoms with E-state index in [1.807, 2.05) is 0 Å². The number of carbonyl (C=O) groups excluding carboxylic acids is 1. The van der Waals surface area contributed by atoms with Gasteiger partial charge in [-0.25, -0.2) is 9.78 Å². The van der Waals surface area contributed by atoms with Crippen LogP contribution < -0.4 is 10.2 Å². The van der Waals surface area contributed by atoms with E-state index in [1.165, 1.54) is 9.78 Å². The van der Waals surface area contributed by atoms with E-state index in [2.05, 4.69) is 46.8 Å². The molecule has 2 aliphatic rings. The first-order chi connectivity index (χ1) is 14.1. The Labute approximate surface area is 177 Å². The number of amides is 2. The normalized spacial score (nSPS) is 27.2. The summed E-state index contributed by atoms with van der Waals surface area (Å²) in [6, 6.07) is 4.96. The Kier molecular flexibility index (Phi) is 5.09. The first kappa shape index (κ1) is 21.1. The Hall–Kier alpha value is -2.13. The SMILES string of the molecule is Cc1cc(C(F)(F)F)ncc1N1CC2(CCC(c3cccs3)(N(C)C)CC2)NC1=O. The van der Waals surface area contributed by atoms with Crippen molar-refractivity contribution in [3.8, 4) is 0 Å². The predicted octanol–water partition coefficient (Wildman–Crippen LogP) is 4.77. The molecule has 1 saturated carbocycles. The molecule has 2 aromatic rings. The summed E-state index contributed by atoms with van der Waals surface area (Å²) in [5.74, 6) is 0. The minimum atomic E-state index is -4.50. The van der Waals surface area contributed by atoms with E-state index in [0.29, 0.717) is 17.8 Å². The first-order valence-corrected chi connectivity index (χ1v) is 10.8. The fourth-order valence-electron chi connectivity index (χ4n) is 4.77. The van der Waals surface area contributed by atoms with Crippen LogP contribution in [-0.2, 0) is 11.7 Å². The minimum absolute atomic E-state index is 0.0522. The summed E-state index contributed by atoms with van der Waals surface area (Å²) in [6.45, 7) is 2.02. The van der Waals surface area contributed by atoms with E-state index in [0.717, 1.165) is 37.9 Å². The van der Waals surface area contributed by atoms with Crippen LogP contribution in [0.5, 0.6) is 0 Å². The highest BCUT2D eigenvalue weighted by atomic mass is 32.1. The number of hydrogen-bond donors (Lipinski definition) is 1. The molecule has 9 heteroatoms. The second kappa shape index (κ2) is 7.23. The molecule has 2 fully saturated rings. The van der Waals surface area contributed by atoms with Gasteiger partial charge in [-0.3, -0.25) is 9.80 Å². The predicted molar refractivity (Wildman–Crippen MR) is 111 cm³/mol. The summed E-state index contributed by atoms with van der Waals surface area (Å²) in [4.78, 5) is 21.4. The van der Waals surface area contributed by atoms with E-state index in [9.17, 15) is 18.0 Å². The number of aromatic nitrogens is 1. The third kappa shape index (κ3) is 3.47. The van der Waals surface area contributed by atoms with E-state index in [1.54, 1.807) is 18.3 Å². The molecular formula is C21H25F3N4OS. The molecule has 1 aliphatic carbocycles. The smallest absolute Gasteiger partial charge is 0.330 e. The fourth-order valence-corrected chi connectivity index (χ4v) is 5.84.